The van der Waals surface area contributed by atoms with Gasteiger partial charge in [-0.2, -0.15) is 0 Å². The molecule has 31 heavy (non-hydrogen) atoms. The van der Waals surface area contributed by atoms with Gasteiger partial charge in [0.25, 0.3) is 0 Å². The molecular formula is C27H58NO3+. The first-order chi connectivity index (χ1) is 15.1. The zero-order valence-electron chi connectivity index (χ0n) is 21.9. The smallest absolute Gasteiger partial charge is 0.102 e. The average molecular weight is 445 g/mol. The summed E-state index contributed by atoms with van der Waals surface area (Å²) in [6.07, 6.45) is 22.9. The predicted octanol–water partition coefficient (Wildman–Crippen LogP) is 7.00. The van der Waals surface area contributed by atoms with Crippen molar-refractivity contribution in [2.24, 2.45) is 0 Å². The minimum atomic E-state index is 0.653. The monoisotopic (exact) mass is 444 g/mol. The second-order valence-corrected chi connectivity index (χ2v) is 9.90. The Balaban J connectivity index is 3.25. The third-order valence-electron chi connectivity index (χ3n) is 6.26. The Labute approximate surface area is 196 Å². The minimum absolute atomic E-state index is 0.653. The summed E-state index contributed by atoms with van der Waals surface area (Å²) in [6, 6.07) is 0. The molecule has 0 aromatic carbocycles. The molecule has 0 aliphatic rings. The van der Waals surface area contributed by atoms with E-state index in [1.807, 2.05) is 0 Å². The van der Waals surface area contributed by atoms with Crippen LogP contribution in [-0.2, 0) is 14.2 Å². The molecule has 0 heterocycles. The molecular weight excluding hydrogens is 386 g/mol. The van der Waals surface area contributed by atoms with E-state index in [1.54, 1.807) is 7.11 Å². The van der Waals surface area contributed by atoms with Gasteiger partial charge in [0.2, 0.25) is 0 Å². The van der Waals surface area contributed by atoms with Gasteiger partial charge < -0.3 is 18.7 Å². The third-order valence-corrected chi connectivity index (χ3v) is 6.26. The third kappa shape index (κ3) is 26.0. The normalized spacial score (nSPS) is 12.0. The molecule has 0 saturated carbocycles. The van der Waals surface area contributed by atoms with Crippen LogP contribution in [0.5, 0.6) is 0 Å². The molecule has 188 valence electrons. The van der Waals surface area contributed by atoms with E-state index >= 15 is 0 Å². The highest BCUT2D eigenvalue weighted by Crippen LogP contribution is 2.14. The summed E-state index contributed by atoms with van der Waals surface area (Å²) in [5.74, 6) is 0. The Morgan fingerprint density at radius 3 is 1.29 bits per heavy atom. The van der Waals surface area contributed by atoms with Crippen LogP contribution in [0, 0.1) is 0 Å². The summed E-state index contributed by atoms with van der Waals surface area (Å²) < 4.78 is 17.1. The molecule has 0 radical (unpaired) electrons. The molecule has 0 bridgehead atoms. The summed E-state index contributed by atoms with van der Waals surface area (Å²) in [5, 5.41) is 0. The highest BCUT2D eigenvalue weighted by atomic mass is 16.5. The maximum atomic E-state index is 5.70. The Morgan fingerprint density at radius 2 is 0.839 bits per heavy atom. The fourth-order valence-corrected chi connectivity index (χ4v) is 3.98. The summed E-state index contributed by atoms with van der Waals surface area (Å²) >= 11 is 0. The van der Waals surface area contributed by atoms with Gasteiger partial charge in [-0.3, -0.25) is 0 Å². The second kappa shape index (κ2) is 24.5. The molecule has 0 rings (SSSR count). The number of ether oxygens (including phenoxy) is 3. The lowest BCUT2D eigenvalue weighted by Gasteiger charge is -2.29. The van der Waals surface area contributed by atoms with Crippen LogP contribution in [0.25, 0.3) is 0 Å². The molecule has 4 nitrogen and oxygen atoms in total. The molecule has 0 fully saturated rings. The average Bonchev–Trinajstić information content (AvgIpc) is 2.75. The molecule has 0 amide bonds. The molecule has 0 N–H and O–H groups in total. The molecule has 0 unspecified atom stereocenters. The number of hydrogen-bond donors (Lipinski definition) is 0. The Morgan fingerprint density at radius 1 is 0.452 bits per heavy atom. The first-order valence-electron chi connectivity index (χ1n) is 13.6. The van der Waals surface area contributed by atoms with Crippen LogP contribution in [-0.4, -0.2) is 71.8 Å². The van der Waals surface area contributed by atoms with Crippen molar-refractivity contribution < 1.29 is 18.7 Å². The number of nitrogens with zero attached hydrogens (tertiary/aromatic N) is 1. The summed E-state index contributed by atoms with van der Waals surface area (Å²) in [7, 11) is 6.34. The number of hydrogen-bond acceptors (Lipinski definition) is 3. The molecule has 0 aliphatic carbocycles. The number of unbranched alkanes of at least 4 members (excludes halogenated alkanes) is 15. The lowest BCUT2D eigenvalue weighted by Crippen LogP contribution is -2.43. The van der Waals surface area contributed by atoms with Gasteiger partial charge in [0.05, 0.1) is 53.7 Å². The van der Waals surface area contributed by atoms with Gasteiger partial charge in [-0.05, 0) is 12.8 Å². The van der Waals surface area contributed by atoms with E-state index in [4.69, 9.17) is 14.2 Å². The van der Waals surface area contributed by atoms with Crippen molar-refractivity contribution in [3.05, 3.63) is 0 Å². The second-order valence-electron chi connectivity index (χ2n) is 9.90. The highest BCUT2D eigenvalue weighted by molar-refractivity contribution is 4.50. The van der Waals surface area contributed by atoms with Crippen LogP contribution in [0.1, 0.15) is 110 Å². The topological polar surface area (TPSA) is 27.7 Å². The molecule has 0 aromatic heterocycles. The maximum absolute atomic E-state index is 5.70. The van der Waals surface area contributed by atoms with Gasteiger partial charge >= 0.3 is 0 Å². The van der Waals surface area contributed by atoms with Crippen LogP contribution in [0.15, 0.2) is 0 Å². The van der Waals surface area contributed by atoms with E-state index < -0.39 is 0 Å². The van der Waals surface area contributed by atoms with Gasteiger partial charge in [-0.15, -0.1) is 0 Å². The van der Waals surface area contributed by atoms with Gasteiger partial charge in [0.1, 0.15) is 6.54 Å². The number of quaternary nitrogens is 1. The van der Waals surface area contributed by atoms with Crippen molar-refractivity contribution in [3.8, 4) is 0 Å². The largest absolute Gasteiger partial charge is 0.382 e. The van der Waals surface area contributed by atoms with E-state index in [9.17, 15) is 0 Å². The molecule has 0 atom stereocenters. The fraction of sp³-hybridized carbons (Fsp3) is 1.00. The van der Waals surface area contributed by atoms with Crippen LogP contribution in [0.3, 0.4) is 0 Å². The van der Waals surface area contributed by atoms with Gasteiger partial charge in [0, 0.05) is 7.11 Å². The summed E-state index contributed by atoms with van der Waals surface area (Å²) in [5.41, 5.74) is 0. The predicted molar refractivity (Wildman–Crippen MR) is 135 cm³/mol. The molecule has 0 saturated heterocycles. The van der Waals surface area contributed by atoms with Crippen LogP contribution < -0.4 is 0 Å². The van der Waals surface area contributed by atoms with Gasteiger partial charge in [-0.25, -0.2) is 0 Å². The van der Waals surface area contributed by atoms with E-state index in [0.717, 1.165) is 17.6 Å². The van der Waals surface area contributed by atoms with Crippen molar-refractivity contribution in [3.63, 3.8) is 0 Å². The molecule has 4 heteroatoms. The fourth-order valence-electron chi connectivity index (χ4n) is 3.98. The maximum Gasteiger partial charge on any atom is 0.102 e. The summed E-state index contributed by atoms with van der Waals surface area (Å²) in [6.45, 7) is 8.11. The standard InChI is InChI=1S/C27H58NO3/c1-5-6-7-8-9-10-11-12-13-14-15-16-17-18-19-20-21-28(2,3)22-23-30-26-27-31-25-24-29-4/h5-27H2,1-4H3/q+1. The Kier molecular flexibility index (Phi) is 24.4. The van der Waals surface area contributed by atoms with E-state index in [-0.39, 0.29) is 0 Å². The minimum Gasteiger partial charge on any atom is -0.382 e. The number of methoxy groups -OCH3 is 1. The van der Waals surface area contributed by atoms with Crippen molar-refractivity contribution >= 4 is 0 Å². The Bertz CT molecular complexity index is 336. The number of rotatable bonds is 26. The van der Waals surface area contributed by atoms with Gasteiger partial charge in [-0.1, -0.05) is 96.8 Å². The quantitative estimate of drug-likeness (QED) is 0.106. The van der Waals surface area contributed by atoms with E-state index in [1.165, 1.54) is 109 Å². The zero-order valence-corrected chi connectivity index (χ0v) is 21.9. The zero-order chi connectivity index (χ0) is 22.9. The van der Waals surface area contributed by atoms with E-state index in [0.29, 0.717) is 26.4 Å². The lowest BCUT2D eigenvalue weighted by atomic mass is 10.0. The van der Waals surface area contributed by atoms with Crippen molar-refractivity contribution in [2.45, 2.75) is 110 Å². The summed E-state index contributed by atoms with van der Waals surface area (Å²) in [4.78, 5) is 0. The molecule has 0 spiro atoms. The first kappa shape index (κ1) is 30.8. The lowest BCUT2D eigenvalue weighted by molar-refractivity contribution is -0.891. The SMILES string of the molecule is CCCCCCCCCCCCCCCCCC[N+](C)(C)CCOCCOCCOC. The first-order valence-corrected chi connectivity index (χ1v) is 13.6. The number of likely N-dealkylation sites (N-methyl/N-ethyl adjacent to an activating group) is 1. The molecule has 0 aromatic rings. The highest BCUT2D eigenvalue weighted by Gasteiger charge is 2.13. The van der Waals surface area contributed by atoms with Crippen molar-refractivity contribution in [1.82, 2.24) is 0 Å². The Hall–Kier alpha value is -0.160. The van der Waals surface area contributed by atoms with Crippen LogP contribution in [0.4, 0.5) is 0 Å². The van der Waals surface area contributed by atoms with Crippen molar-refractivity contribution in [1.29, 1.82) is 0 Å². The van der Waals surface area contributed by atoms with Crippen molar-refractivity contribution in [2.75, 3.05) is 67.3 Å². The van der Waals surface area contributed by atoms with Gasteiger partial charge in [0.15, 0.2) is 0 Å². The molecule has 0 aliphatic heterocycles. The van der Waals surface area contributed by atoms with Crippen LogP contribution in [0.2, 0.25) is 0 Å². The van der Waals surface area contributed by atoms with Crippen LogP contribution >= 0.6 is 0 Å². The van der Waals surface area contributed by atoms with E-state index in [2.05, 4.69) is 21.0 Å².